The lowest BCUT2D eigenvalue weighted by Gasteiger charge is -2.04. The van der Waals surface area contributed by atoms with Crippen LogP contribution >= 0.6 is 0 Å². The Kier molecular flexibility index (Phi) is 5.10. The van der Waals surface area contributed by atoms with Crippen LogP contribution in [0.1, 0.15) is 17.3 Å². The Hall–Kier alpha value is -1.79. The summed E-state index contributed by atoms with van der Waals surface area (Å²) in [5.74, 6) is 3.22. The summed E-state index contributed by atoms with van der Waals surface area (Å²) in [7, 11) is 0. The van der Waals surface area contributed by atoms with Gasteiger partial charge >= 0.3 is 0 Å². The van der Waals surface area contributed by atoms with Gasteiger partial charge in [-0.25, -0.2) is 0 Å². The quantitative estimate of drug-likeness (QED) is 0.446. The van der Waals surface area contributed by atoms with Crippen molar-refractivity contribution in [2.75, 3.05) is 19.7 Å². The molecule has 84 valence electrons. The number of rotatable bonds is 6. The van der Waals surface area contributed by atoms with Gasteiger partial charge in [-0.3, -0.25) is 10.1 Å². The number of nitrogens with one attached hydrogen (secondary N) is 1. The molecule has 1 N–H and O–H groups in total. The number of carbonyl (C=O) groups is 1. The highest BCUT2D eigenvalue weighted by molar-refractivity contribution is 5.97. The molecular weight excluding hydrogens is 202 g/mol. The average molecular weight is 217 g/mol. The zero-order chi connectivity index (χ0) is 11.8. The van der Waals surface area contributed by atoms with E-state index in [1.807, 2.05) is 6.92 Å². The first-order valence-electron chi connectivity index (χ1n) is 5.18. The van der Waals surface area contributed by atoms with Gasteiger partial charge in [0.25, 0.3) is 0 Å². The molecule has 1 aromatic carbocycles. The Morgan fingerprint density at radius 2 is 2.12 bits per heavy atom. The van der Waals surface area contributed by atoms with E-state index >= 15 is 0 Å². The number of hydrogen-bond acceptors (Lipinski definition) is 3. The first-order chi connectivity index (χ1) is 7.77. The minimum Gasteiger partial charge on any atom is -0.494 e. The fourth-order valence-corrected chi connectivity index (χ4v) is 1.25. The standard InChI is InChI=1S/C13H15NO2/c1-3-9-14-10-13(15)11-5-7-12(8-6-11)16-4-2/h1,5-8,14H,4,9-10H2,2H3. The number of Topliss-reactive ketones (excluding diaryl/α,β-unsaturated/α-hetero) is 1. The van der Waals surface area contributed by atoms with Crippen LogP contribution in [0, 0.1) is 12.3 Å². The Morgan fingerprint density at radius 1 is 1.44 bits per heavy atom. The molecule has 0 atom stereocenters. The summed E-state index contributed by atoms with van der Waals surface area (Å²) in [6, 6.07) is 7.09. The highest BCUT2D eigenvalue weighted by Gasteiger charge is 2.04. The number of terminal acetylenes is 1. The lowest BCUT2D eigenvalue weighted by Crippen LogP contribution is -2.23. The molecule has 0 unspecified atom stereocenters. The zero-order valence-electron chi connectivity index (χ0n) is 9.32. The van der Waals surface area contributed by atoms with Crippen LogP contribution in [0.4, 0.5) is 0 Å². The van der Waals surface area contributed by atoms with E-state index in [0.29, 0.717) is 18.7 Å². The van der Waals surface area contributed by atoms with E-state index in [1.54, 1.807) is 24.3 Å². The summed E-state index contributed by atoms with van der Waals surface area (Å²) < 4.78 is 5.29. The molecular formula is C13H15NO2. The van der Waals surface area contributed by atoms with E-state index in [2.05, 4.69) is 11.2 Å². The molecule has 0 aliphatic carbocycles. The molecule has 1 aromatic rings. The monoisotopic (exact) mass is 217 g/mol. The van der Waals surface area contributed by atoms with Gasteiger partial charge in [0, 0.05) is 5.56 Å². The highest BCUT2D eigenvalue weighted by atomic mass is 16.5. The summed E-state index contributed by atoms with van der Waals surface area (Å²) in [6.07, 6.45) is 5.07. The normalized spacial score (nSPS) is 9.50. The Labute approximate surface area is 95.8 Å². The molecule has 1 rings (SSSR count). The van der Waals surface area contributed by atoms with Crippen molar-refractivity contribution in [3.63, 3.8) is 0 Å². The maximum absolute atomic E-state index is 11.6. The highest BCUT2D eigenvalue weighted by Crippen LogP contribution is 2.12. The summed E-state index contributed by atoms with van der Waals surface area (Å²) in [6.45, 7) is 3.21. The van der Waals surface area contributed by atoms with E-state index in [9.17, 15) is 4.79 Å². The predicted octanol–water partition coefficient (Wildman–Crippen LogP) is 1.49. The van der Waals surface area contributed by atoms with Crippen molar-refractivity contribution in [3.8, 4) is 18.1 Å². The summed E-state index contributed by atoms with van der Waals surface area (Å²) in [5, 5.41) is 2.86. The number of carbonyl (C=O) groups excluding carboxylic acids is 1. The third-order valence-corrected chi connectivity index (χ3v) is 2.00. The molecule has 0 amide bonds. The maximum Gasteiger partial charge on any atom is 0.176 e. The second-order valence-electron chi connectivity index (χ2n) is 3.19. The molecule has 16 heavy (non-hydrogen) atoms. The largest absolute Gasteiger partial charge is 0.494 e. The smallest absolute Gasteiger partial charge is 0.176 e. The van der Waals surface area contributed by atoms with Gasteiger partial charge in [-0.2, -0.15) is 0 Å². The Balaban J connectivity index is 2.53. The van der Waals surface area contributed by atoms with Gasteiger partial charge in [0.15, 0.2) is 5.78 Å². The molecule has 0 fully saturated rings. The first-order valence-corrected chi connectivity index (χ1v) is 5.18. The maximum atomic E-state index is 11.6. The van der Waals surface area contributed by atoms with E-state index in [0.717, 1.165) is 5.75 Å². The molecule has 0 saturated carbocycles. The number of ketones is 1. The van der Waals surface area contributed by atoms with Crippen LogP contribution in [0.15, 0.2) is 24.3 Å². The summed E-state index contributed by atoms with van der Waals surface area (Å²) in [4.78, 5) is 11.6. The Bertz CT molecular complexity index is 376. The van der Waals surface area contributed by atoms with Crippen molar-refractivity contribution in [3.05, 3.63) is 29.8 Å². The van der Waals surface area contributed by atoms with Gasteiger partial charge in [-0.1, -0.05) is 5.92 Å². The van der Waals surface area contributed by atoms with Crippen LogP contribution in [0.3, 0.4) is 0 Å². The molecule has 3 nitrogen and oxygen atoms in total. The predicted molar refractivity (Wildman–Crippen MR) is 63.6 cm³/mol. The average Bonchev–Trinajstić information content (AvgIpc) is 2.30. The van der Waals surface area contributed by atoms with Crippen molar-refractivity contribution >= 4 is 5.78 Å². The van der Waals surface area contributed by atoms with Crippen molar-refractivity contribution in [1.29, 1.82) is 0 Å². The zero-order valence-corrected chi connectivity index (χ0v) is 9.32. The van der Waals surface area contributed by atoms with Gasteiger partial charge in [0.2, 0.25) is 0 Å². The second-order valence-corrected chi connectivity index (χ2v) is 3.19. The van der Waals surface area contributed by atoms with Gasteiger partial charge in [-0.05, 0) is 31.2 Å². The van der Waals surface area contributed by atoms with Crippen molar-refractivity contribution in [2.45, 2.75) is 6.92 Å². The summed E-state index contributed by atoms with van der Waals surface area (Å²) in [5.41, 5.74) is 0.660. The van der Waals surface area contributed by atoms with Crippen LogP contribution in [-0.4, -0.2) is 25.5 Å². The third kappa shape index (κ3) is 3.76. The van der Waals surface area contributed by atoms with E-state index in [4.69, 9.17) is 11.2 Å². The van der Waals surface area contributed by atoms with Crippen LogP contribution in [0.5, 0.6) is 5.75 Å². The SMILES string of the molecule is C#CCNCC(=O)c1ccc(OCC)cc1. The van der Waals surface area contributed by atoms with Crippen LogP contribution in [0.25, 0.3) is 0 Å². The molecule has 0 aliphatic heterocycles. The van der Waals surface area contributed by atoms with Crippen LogP contribution in [0.2, 0.25) is 0 Å². The van der Waals surface area contributed by atoms with Crippen LogP contribution in [-0.2, 0) is 0 Å². The fraction of sp³-hybridized carbons (Fsp3) is 0.308. The van der Waals surface area contributed by atoms with Crippen molar-refractivity contribution in [2.24, 2.45) is 0 Å². The molecule has 0 heterocycles. The first kappa shape index (κ1) is 12.3. The minimum absolute atomic E-state index is 0.0262. The molecule has 0 spiro atoms. The Morgan fingerprint density at radius 3 is 2.69 bits per heavy atom. The van der Waals surface area contributed by atoms with Gasteiger partial charge in [0.05, 0.1) is 19.7 Å². The molecule has 3 heteroatoms. The lowest BCUT2D eigenvalue weighted by molar-refractivity contribution is 0.0992. The van der Waals surface area contributed by atoms with E-state index in [-0.39, 0.29) is 12.3 Å². The molecule has 0 saturated heterocycles. The third-order valence-electron chi connectivity index (χ3n) is 2.00. The second kappa shape index (κ2) is 6.65. The fourth-order valence-electron chi connectivity index (χ4n) is 1.25. The number of ether oxygens (including phenoxy) is 1. The number of hydrogen-bond donors (Lipinski definition) is 1. The van der Waals surface area contributed by atoms with Gasteiger partial charge in [-0.15, -0.1) is 6.42 Å². The molecule has 0 bridgehead atoms. The van der Waals surface area contributed by atoms with Crippen molar-refractivity contribution < 1.29 is 9.53 Å². The van der Waals surface area contributed by atoms with E-state index < -0.39 is 0 Å². The lowest BCUT2D eigenvalue weighted by atomic mass is 10.1. The van der Waals surface area contributed by atoms with Crippen molar-refractivity contribution in [1.82, 2.24) is 5.32 Å². The number of benzene rings is 1. The van der Waals surface area contributed by atoms with Gasteiger partial charge in [0.1, 0.15) is 5.75 Å². The molecule has 0 radical (unpaired) electrons. The molecule has 0 aliphatic rings. The summed E-state index contributed by atoms with van der Waals surface area (Å²) >= 11 is 0. The van der Waals surface area contributed by atoms with Crippen LogP contribution < -0.4 is 10.1 Å². The molecule has 0 aromatic heterocycles. The topological polar surface area (TPSA) is 38.3 Å². The van der Waals surface area contributed by atoms with Gasteiger partial charge < -0.3 is 4.74 Å². The minimum atomic E-state index is 0.0262. The van der Waals surface area contributed by atoms with E-state index in [1.165, 1.54) is 0 Å².